The van der Waals surface area contributed by atoms with Gasteiger partial charge in [0.2, 0.25) is 0 Å². The second-order valence-electron chi connectivity index (χ2n) is 5.76. The molecule has 0 heterocycles. The maximum atomic E-state index is 8.20. The largest absolute Gasteiger partial charge is 0.304 e. The summed E-state index contributed by atoms with van der Waals surface area (Å²) in [6.45, 7) is 6.24. The van der Waals surface area contributed by atoms with E-state index in [0.717, 1.165) is 24.9 Å². The van der Waals surface area contributed by atoms with Gasteiger partial charge in [-0.05, 0) is 18.9 Å². The lowest BCUT2D eigenvalue weighted by Crippen LogP contribution is -2.20. The van der Waals surface area contributed by atoms with Crippen molar-refractivity contribution in [1.29, 1.82) is 10.5 Å². The second kappa shape index (κ2) is 12.0. The topological polar surface area (TPSA) is 50.8 Å². The van der Waals surface area contributed by atoms with Crippen molar-refractivity contribution in [3.63, 3.8) is 0 Å². The zero-order valence-electron chi connectivity index (χ0n) is 12.9. The summed E-state index contributed by atoms with van der Waals surface area (Å²) in [6.07, 6.45) is 8.55. The summed E-state index contributed by atoms with van der Waals surface area (Å²) in [5.41, 5.74) is 0. The van der Waals surface area contributed by atoms with E-state index in [9.17, 15) is 0 Å². The highest BCUT2D eigenvalue weighted by Gasteiger charge is 2.15. The molecule has 3 heteroatoms. The molecule has 0 spiro atoms. The van der Waals surface area contributed by atoms with Gasteiger partial charge in [-0.25, -0.2) is 0 Å². The van der Waals surface area contributed by atoms with E-state index in [0.29, 0.717) is 12.8 Å². The Morgan fingerprint density at radius 3 is 1.79 bits per heavy atom. The molecule has 0 aromatic heterocycles. The van der Waals surface area contributed by atoms with Crippen molar-refractivity contribution in [2.24, 2.45) is 11.8 Å². The quantitative estimate of drug-likeness (QED) is 0.754. The van der Waals surface area contributed by atoms with Crippen molar-refractivity contribution in [1.82, 2.24) is 4.90 Å². The Bertz CT molecular complexity index is 261. The summed E-state index contributed by atoms with van der Waals surface area (Å²) < 4.78 is 0. The first-order valence-electron chi connectivity index (χ1n) is 7.54. The summed E-state index contributed by atoms with van der Waals surface area (Å²) in [4.78, 5) is 1.98. The lowest BCUT2D eigenvalue weighted by Gasteiger charge is -2.24. The lowest BCUT2D eigenvalue weighted by molar-refractivity contribution is 0.279. The first kappa shape index (κ1) is 17.9. The molecule has 0 unspecified atom stereocenters. The number of hydrogen-bond acceptors (Lipinski definition) is 3. The van der Waals surface area contributed by atoms with Crippen LogP contribution in [0.1, 0.15) is 58.8 Å². The highest BCUT2D eigenvalue weighted by Crippen LogP contribution is 2.29. The van der Waals surface area contributed by atoms with Crippen LogP contribution in [0.5, 0.6) is 0 Å². The van der Waals surface area contributed by atoms with E-state index in [1.54, 1.807) is 0 Å². The normalized spacial score (nSPS) is 15.5. The molecule has 0 atom stereocenters. The molecule has 0 amide bonds. The monoisotopic (exact) mass is 263 g/mol. The Balaban J connectivity index is 0.000000342. The maximum absolute atomic E-state index is 8.20. The van der Waals surface area contributed by atoms with Crippen LogP contribution in [-0.2, 0) is 0 Å². The third-order valence-electron chi connectivity index (χ3n) is 3.80. The lowest BCUT2D eigenvalue weighted by atomic mass is 9.82. The smallest absolute Gasteiger partial charge is 0.0635 e. The molecular formula is C16H29N3. The van der Waals surface area contributed by atoms with Crippen LogP contribution < -0.4 is 0 Å². The molecule has 0 N–H and O–H groups in total. The molecule has 19 heavy (non-hydrogen) atoms. The van der Waals surface area contributed by atoms with Gasteiger partial charge in [0.25, 0.3) is 0 Å². The fourth-order valence-electron chi connectivity index (χ4n) is 2.39. The zero-order chi connectivity index (χ0) is 14.5. The third-order valence-corrected chi connectivity index (χ3v) is 3.80. The molecule has 1 aliphatic carbocycles. The summed E-state index contributed by atoms with van der Waals surface area (Å²) in [5, 5.41) is 16.4. The van der Waals surface area contributed by atoms with Gasteiger partial charge in [-0.2, -0.15) is 10.5 Å². The molecule has 3 nitrogen and oxygen atoms in total. The first-order chi connectivity index (χ1) is 9.11. The highest BCUT2D eigenvalue weighted by molar-refractivity contribution is 4.74. The standard InChI is InChI=1S/C9H18.C7H11N3/c1-8(2)9-6-4-3-5-7-9;1-10(6-2-4-8)7-3-5-9/h8-9H,3-7H2,1-2H3;2-3,6-7H2,1H3. The van der Waals surface area contributed by atoms with Crippen LogP contribution >= 0.6 is 0 Å². The van der Waals surface area contributed by atoms with E-state index in [1.807, 2.05) is 11.9 Å². The summed E-state index contributed by atoms with van der Waals surface area (Å²) in [6, 6.07) is 4.10. The van der Waals surface area contributed by atoms with Crippen LogP contribution in [-0.4, -0.2) is 25.0 Å². The molecule has 1 fully saturated rings. The van der Waals surface area contributed by atoms with Gasteiger partial charge < -0.3 is 4.90 Å². The maximum Gasteiger partial charge on any atom is 0.0635 e. The molecule has 0 radical (unpaired) electrons. The fraction of sp³-hybridized carbons (Fsp3) is 0.875. The van der Waals surface area contributed by atoms with Gasteiger partial charge in [-0.3, -0.25) is 0 Å². The predicted molar refractivity (Wildman–Crippen MR) is 79.4 cm³/mol. The van der Waals surface area contributed by atoms with Crippen molar-refractivity contribution in [2.45, 2.75) is 58.8 Å². The molecule has 1 saturated carbocycles. The Morgan fingerprint density at radius 1 is 1.00 bits per heavy atom. The minimum Gasteiger partial charge on any atom is -0.304 e. The average molecular weight is 263 g/mol. The van der Waals surface area contributed by atoms with Crippen molar-refractivity contribution < 1.29 is 0 Å². The number of rotatable bonds is 5. The van der Waals surface area contributed by atoms with Crippen LogP contribution in [0.2, 0.25) is 0 Å². The highest BCUT2D eigenvalue weighted by atomic mass is 15.1. The first-order valence-corrected chi connectivity index (χ1v) is 7.54. The van der Waals surface area contributed by atoms with Gasteiger partial charge in [0.05, 0.1) is 12.1 Å². The minimum atomic E-state index is 0.544. The van der Waals surface area contributed by atoms with Gasteiger partial charge in [0.15, 0.2) is 0 Å². The Kier molecular flexibility index (Phi) is 11.3. The van der Waals surface area contributed by atoms with Gasteiger partial charge >= 0.3 is 0 Å². The fourth-order valence-corrected chi connectivity index (χ4v) is 2.39. The van der Waals surface area contributed by atoms with Crippen LogP contribution in [0.4, 0.5) is 0 Å². The number of nitriles is 2. The molecule has 1 rings (SSSR count). The minimum absolute atomic E-state index is 0.544. The number of nitrogens with zero attached hydrogens (tertiary/aromatic N) is 3. The molecule has 108 valence electrons. The summed E-state index contributed by atoms with van der Waals surface area (Å²) in [5.74, 6) is 1.99. The van der Waals surface area contributed by atoms with E-state index in [-0.39, 0.29) is 0 Å². The van der Waals surface area contributed by atoms with Crippen molar-refractivity contribution in [2.75, 3.05) is 20.1 Å². The SMILES string of the molecule is CC(C)C1CCCCC1.CN(CCC#N)CCC#N. The van der Waals surface area contributed by atoms with Gasteiger partial charge in [-0.1, -0.05) is 46.0 Å². The van der Waals surface area contributed by atoms with E-state index < -0.39 is 0 Å². The second-order valence-corrected chi connectivity index (χ2v) is 5.76. The van der Waals surface area contributed by atoms with Crippen LogP contribution in [0.25, 0.3) is 0 Å². The van der Waals surface area contributed by atoms with E-state index in [2.05, 4.69) is 26.0 Å². The summed E-state index contributed by atoms with van der Waals surface area (Å²) >= 11 is 0. The van der Waals surface area contributed by atoms with Crippen LogP contribution in [0, 0.1) is 34.5 Å². The Hall–Kier alpha value is -1.06. The zero-order valence-corrected chi connectivity index (χ0v) is 12.9. The molecular weight excluding hydrogens is 234 g/mol. The van der Waals surface area contributed by atoms with Gasteiger partial charge in [-0.15, -0.1) is 0 Å². The predicted octanol–water partition coefficient (Wildman–Crippen LogP) is 3.97. The van der Waals surface area contributed by atoms with E-state index >= 15 is 0 Å². The third kappa shape index (κ3) is 10.5. The van der Waals surface area contributed by atoms with E-state index in [4.69, 9.17) is 10.5 Å². The van der Waals surface area contributed by atoms with Crippen molar-refractivity contribution in [3.8, 4) is 12.1 Å². The average Bonchev–Trinajstić information content (AvgIpc) is 2.44. The van der Waals surface area contributed by atoms with Gasteiger partial charge in [0.1, 0.15) is 0 Å². The summed E-state index contributed by atoms with van der Waals surface area (Å²) in [7, 11) is 1.91. The van der Waals surface area contributed by atoms with Crippen LogP contribution in [0.3, 0.4) is 0 Å². The van der Waals surface area contributed by atoms with Crippen molar-refractivity contribution in [3.05, 3.63) is 0 Å². The molecule has 0 aromatic carbocycles. The van der Waals surface area contributed by atoms with Gasteiger partial charge in [0, 0.05) is 25.9 Å². The molecule has 0 bridgehead atoms. The Labute approximate surface area is 119 Å². The Morgan fingerprint density at radius 2 is 1.47 bits per heavy atom. The molecule has 0 saturated heterocycles. The molecule has 0 aliphatic heterocycles. The molecule has 0 aromatic rings. The molecule has 1 aliphatic rings. The number of hydrogen-bond donors (Lipinski definition) is 0. The van der Waals surface area contributed by atoms with E-state index in [1.165, 1.54) is 32.1 Å². The van der Waals surface area contributed by atoms with Crippen molar-refractivity contribution >= 4 is 0 Å². The van der Waals surface area contributed by atoms with Crippen LogP contribution in [0.15, 0.2) is 0 Å².